The molecule has 1 saturated heterocycles. The molecule has 5 rings (SSSR count). The molecule has 0 aliphatic carbocycles. The highest BCUT2D eigenvalue weighted by Gasteiger charge is 2.51. The van der Waals surface area contributed by atoms with Gasteiger partial charge in [-0.05, 0) is 58.7 Å². The van der Waals surface area contributed by atoms with Crippen molar-refractivity contribution in [3.05, 3.63) is 63.1 Å². The number of rotatable bonds is 13. The molecule has 1 aliphatic heterocycles. The normalized spacial score (nSPS) is 18.2. The zero-order valence-electron chi connectivity index (χ0n) is 33.1. The molecule has 57 heavy (non-hydrogen) atoms. The van der Waals surface area contributed by atoms with E-state index in [-0.39, 0.29) is 60.2 Å². The van der Waals surface area contributed by atoms with E-state index < -0.39 is 65.4 Å². The fraction of sp³-hybridized carbons (Fsp3) is 0.487. The van der Waals surface area contributed by atoms with Crippen LogP contribution in [0, 0.1) is 40.0 Å². The predicted molar refractivity (Wildman–Crippen MR) is 199 cm³/mol. The number of anilines is 1. The Hall–Kier alpha value is -6.06. The first-order chi connectivity index (χ1) is 26.7. The van der Waals surface area contributed by atoms with E-state index in [0.717, 1.165) is 11.1 Å². The molecule has 0 unspecified atom stereocenters. The minimum Gasteiger partial charge on any atom is -0.458 e. The van der Waals surface area contributed by atoms with E-state index in [0.29, 0.717) is 11.3 Å². The number of nitrogens with zero attached hydrogens (tertiary/aromatic N) is 4. The van der Waals surface area contributed by atoms with E-state index >= 15 is 0 Å². The lowest BCUT2D eigenvalue weighted by atomic mass is 9.78. The Kier molecular flexibility index (Phi) is 12.0. The summed E-state index contributed by atoms with van der Waals surface area (Å²) in [6, 6.07) is 3.67. The number of amides is 1. The van der Waals surface area contributed by atoms with Gasteiger partial charge in [0.25, 0.3) is 0 Å². The maximum atomic E-state index is 13.6. The fourth-order valence-corrected chi connectivity index (χ4v) is 6.83. The van der Waals surface area contributed by atoms with Crippen LogP contribution in [-0.2, 0) is 45.4 Å². The second kappa shape index (κ2) is 16.2. The summed E-state index contributed by atoms with van der Waals surface area (Å²) in [5, 5.41) is 13.0. The Morgan fingerprint density at radius 3 is 2.42 bits per heavy atom. The van der Waals surface area contributed by atoms with E-state index in [1.807, 2.05) is 33.8 Å². The van der Waals surface area contributed by atoms with E-state index in [1.54, 1.807) is 13.0 Å². The molecular weight excluding hydrogens is 746 g/mol. The number of imidazole rings is 1. The second-order valence-corrected chi connectivity index (χ2v) is 15.1. The topological polar surface area (TPSA) is 234 Å². The van der Waals surface area contributed by atoms with Crippen LogP contribution in [-0.4, -0.2) is 72.5 Å². The Balaban J connectivity index is 1.29. The van der Waals surface area contributed by atoms with Gasteiger partial charge in [0.2, 0.25) is 0 Å². The van der Waals surface area contributed by atoms with Crippen LogP contribution in [0.1, 0.15) is 94.1 Å². The van der Waals surface area contributed by atoms with Gasteiger partial charge in [0.1, 0.15) is 29.5 Å². The number of aliphatic hydroxyl groups is 1. The molecule has 2 N–H and O–H groups in total. The number of carbonyl (C=O) groups is 4. The highest BCUT2D eigenvalue weighted by molar-refractivity contribution is 5.93. The van der Waals surface area contributed by atoms with E-state index in [4.69, 9.17) is 38.9 Å². The van der Waals surface area contributed by atoms with Crippen molar-refractivity contribution in [1.82, 2.24) is 19.5 Å². The van der Waals surface area contributed by atoms with Crippen molar-refractivity contribution in [3.8, 4) is 18.1 Å². The quantitative estimate of drug-likeness (QED) is 0.0818. The average Bonchev–Trinajstić information content (AvgIpc) is 3.76. The zero-order chi connectivity index (χ0) is 42.0. The van der Waals surface area contributed by atoms with Gasteiger partial charge < -0.3 is 37.6 Å². The lowest BCUT2D eigenvalue weighted by Gasteiger charge is -2.31. The maximum absolute atomic E-state index is 13.6. The van der Waals surface area contributed by atoms with Gasteiger partial charge in [-0.1, -0.05) is 25.8 Å². The molecular formula is C39H45N5O13. The lowest BCUT2D eigenvalue weighted by molar-refractivity contribution is -0.160. The number of hydrogen-bond acceptors (Lipinski definition) is 16. The number of terminal acetylenes is 1. The molecule has 4 aromatic rings. The molecule has 0 spiro atoms. The van der Waals surface area contributed by atoms with Gasteiger partial charge in [-0.3, -0.25) is 24.3 Å². The fourth-order valence-electron chi connectivity index (χ4n) is 6.83. The molecule has 1 fully saturated rings. The number of fused-ring (bicyclic) bond motifs is 1. The molecule has 4 heterocycles. The highest BCUT2D eigenvalue weighted by Crippen LogP contribution is 2.42. The van der Waals surface area contributed by atoms with Gasteiger partial charge in [0, 0.05) is 24.3 Å². The number of ether oxygens (including phenoxy) is 5. The number of esters is 3. The number of aliphatic hydroxyl groups excluding tert-OH is 1. The van der Waals surface area contributed by atoms with Crippen LogP contribution in [0.3, 0.4) is 0 Å². The van der Waals surface area contributed by atoms with Crippen LogP contribution in [0.15, 0.2) is 32.1 Å². The summed E-state index contributed by atoms with van der Waals surface area (Å²) >= 11 is 0. The number of nitrogens with one attached hydrogen (secondary N) is 1. The van der Waals surface area contributed by atoms with Gasteiger partial charge in [-0.25, -0.2) is 24.5 Å². The minimum absolute atomic E-state index is 0.00486. The Morgan fingerprint density at radius 2 is 1.79 bits per heavy atom. The summed E-state index contributed by atoms with van der Waals surface area (Å²) in [6.45, 7) is 13.7. The number of benzene rings is 1. The zero-order valence-corrected chi connectivity index (χ0v) is 33.1. The number of hydrogen-bond donors (Lipinski definition) is 2. The number of aromatic nitrogens is 4. The average molecular weight is 792 g/mol. The standard InChI is InChI=1S/C39H45N5O13/c1-11-39(18-45)27(55-30(48)15-37(7,8)31-21(3)12-20(2)13-25(31)53-24(6)46)14-28(56-39)44-19-40-32-33(41-23(5)42-34(32)44)43-35(49)57-38(9,10)16-29(47)51-17-26-22(4)52-36(50)54-26/h1,12-13,19,27-28,45H,14-18H2,2-10H3,(H,41,42,43,49)/t27-,28+,39+/m0/s1. The van der Waals surface area contributed by atoms with Gasteiger partial charge in [0.15, 0.2) is 40.7 Å². The summed E-state index contributed by atoms with van der Waals surface area (Å²) in [6.07, 6.45) is 3.79. The van der Waals surface area contributed by atoms with Crippen molar-refractivity contribution >= 4 is 41.0 Å². The van der Waals surface area contributed by atoms with Crippen LogP contribution < -0.4 is 15.9 Å². The summed E-state index contributed by atoms with van der Waals surface area (Å²) in [5.41, 5.74) is -1.19. The van der Waals surface area contributed by atoms with Crippen LogP contribution >= 0.6 is 0 Å². The highest BCUT2D eigenvalue weighted by atomic mass is 16.6. The minimum atomic E-state index is -1.73. The molecule has 3 atom stereocenters. The summed E-state index contributed by atoms with van der Waals surface area (Å²) in [4.78, 5) is 75.5. The van der Waals surface area contributed by atoms with E-state index in [1.165, 1.54) is 38.6 Å². The van der Waals surface area contributed by atoms with Gasteiger partial charge in [-0.15, -0.1) is 6.42 Å². The summed E-state index contributed by atoms with van der Waals surface area (Å²) in [5.74, 6) is 0.466. The summed E-state index contributed by atoms with van der Waals surface area (Å²) < 4.78 is 39.4. The number of aryl methyl sites for hydroxylation is 4. The molecule has 1 aliphatic rings. The third-order valence-electron chi connectivity index (χ3n) is 9.20. The summed E-state index contributed by atoms with van der Waals surface area (Å²) in [7, 11) is 0. The molecule has 18 heteroatoms. The van der Waals surface area contributed by atoms with Crippen molar-refractivity contribution in [2.75, 3.05) is 11.9 Å². The maximum Gasteiger partial charge on any atom is 0.519 e. The van der Waals surface area contributed by atoms with Crippen molar-refractivity contribution < 1.29 is 56.8 Å². The molecule has 1 amide bonds. The third-order valence-corrected chi connectivity index (χ3v) is 9.20. The first kappa shape index (κ1) is 42.1. The van der Waals surface area contributed by atoms with Crippen LogP contribution in [0.25, 0.3) is 11.2 Å². The van der Waals surface area contributed by atoms with Gasteiger partial charge >= 0.3 is 29.8 Å². The predicted octanol–water partition coefficient (Wildman–Crippen LogP) is 4.55. The molecule has 304 valence electrons. The molecule has 1 aromatic carbocycles. The van der Waals surface area contributed by atoms with Crippen molar-refractivity contribution in [3.63, 3.8) is 0 Å². The third kappa shape index (κ3) is 9.50. The van der Waals surface area contributed by atoms with E-state index in [2.05, 4.69) is 26.2 Å². The van der Waals surface area contributed by atoms with E-state index in [9.17, 15) is 29.1 Å². The Bertz CT molecular complexity index is 2310. The molecule has 18 nitrogen and oxygen atoms in total. The van der Waals surface area contributed by atoms with Crippen LogP contribution in [0.5, 0.6) is 5.75 Å². The van der Waals surface area contributed by atoms with Crippen LogP contribution in [0.2, 0.25) is 0 Å². The second-order valence-electron chi connectivity index (χ2n) is 15.1. The SMILES string of the molecule is C#C[C@]1(CO)O[C@@H](n2cnc3c(NC(=O)OC(C)(C)CC(=O)OCc4oc(=O)oc4C)nc(C)nc32)C[C@@H]1OC(=O)CC(C)(C)c1c(C)cc(C)cc1OC(C)=O. The first-order valence-corrected chi connectivity index (χ1v) is 17.9. The molecule has 0 radical (unpaired) electrons. The van der Waals surface area contributed by atoms with Crippen molar-refractivity contribution in [2.45, 2.75) is 117 Å². The van der Waals surface area contributed by atoms with Crippen LogP contribution in [0.4, 0.5) is 10.6 Å². The smallest absolute Gasteiger partial charge is 0.458 e. The van der Waals surface area contributed by atoms with Gasteiger partial charge in [-0.2, -0.15) is 0 Å². The monoisotopic (exact) mass is 791 g/mol. The lowest BCUT2D eigenvalue weighted by Crippen LogP contribution is -2.44. The molecule has 0 saturated carbocycles. The van der Waals surface area contributed by atoms with Crippen molar-refractivity contribution in [2.24, 2.45) is 0 Å². The first-order valence-electron chi connectivity index (χ1n) is 17.9. The molecule has 3 aromatic heterocycles. The van der Waals surface area contributed by atoms with Gasteiger partial charge in [0.05, 0.1) is 25.8 Å². The van der Waals surface area contributed by atoms with Crippen molar-refractivity contribution in [1.29, 1.82) is 0 Å². The molecule has 0 bridgehead atoms. The Morgan fingerprint density at radius 1 is 1.07 bits per heavy atom. The largest absolute Gasteiger partial charge is 0.519 e. The number of carbonyl (C=O) groups excluding carboxylic acids is 4. The Labute approximate surface area is 327 Å².